The summed E-state index contributed by atoms with van der Waals surface area (Å²) in [7, 11) is 1.63. The standard InChI is InChI=1S/C15H15Cl2NO/c1-19-15(10-5-3-2-4-6-10)14(18)12-9-11(16)7-8-13(12)17/h2-9,14-15H,18H2,1H3. The summed E-state index contributed by atoms with van der Waals surface area (Å²) in [6.07, 6.45) is -0.267. The summed E-state index contributed by atoms with van der Waals surface area (Å²) in [6, 6.07) is 14.7. The van der Waals surface area contributed by atoms with Crippen molar-refractivity contribution in [2.24, 2.45) is 5.73 Å². The van der Waals surface area contributed by atoms with Crippen molar-refractivity contribution in [1.29, 1.82) is 0 Å². The summed E-state index contributed by atoms with van der Waals surface area (Å²) in [6.45, 7) is 0. The number of benzene rings is 2. The molecular weight excluding hydrogens is 281 g/mol. The molecule has 2 N–H and O–H groups in total. The first-order valence-electron chi connectivity index (χ1n) is 5.91. The molecule has 2 rings (SSSR count). The lowest BCUT2D eigenvalue weighted by molar-refractivity contribution is 0.0802. The minimum atomic E-state index is -0.376. The molecule has 0 amide bonds. The Balaban J connectivity index is 2.36. The maximum Gasteiger partial charge on any atom is 0.101 e. The topological polar surface area (TPSA) is 35.2 Å². The van der Waals surface area contributed by atoms with Crippen LogP contribution in [-0.4, -0.2) is 7.11 Å². The molecule has 19 heavy (non-hydrogen) atoms. The molecule has 0 aliphatic carbocycles. The van der Waals surface area contributed by atoms with Crippen LogP contribution in [0.25, 0.3) is 0 Å². The van der Waals surface area contributed by atoms with Gasteiger partial charge in [-0.2, -0.15) is 0 Å². The molecule has 0 saturated heterocycles. The molecule has 0 heterocycles. The van der Waals surface area contributed by atoms with Crippen LogP contribution in [0.3, 0.4) is 0 Å². The number of halogens is 2. The molecule has 2 aromatic rings. The van der Waals surface area contributed by atoms with Gasteiger partial charge in [0.25, 0.3) is 0 Å². The largest absolute Gasteiger partial charge is 0.375 e. The van der Waals surface area contributed by atoms with Crippen LogP contribution in [0, 0.1) is 0 Å². The van der Waals surface area contributed by atoms with Crippen molar-refractivity contribution >= 4 is 23.2 Å². The highest BCUT2D eigenvalue weighted by Gasteiger charge is 2.23. The lowest BCUT2D eigenvalue weighted by atomic mass is 9.96. The first-order valence-corrected chi connectivity index (χ1v) is 6.67. The monoisotopic (exact) mass is 295 g/mol. The van der Waals surface area contributed by atoms with Crippen LogP contribution in [0.5, 0.6) is 0 Å². The van der Waals surface area contributed by atoms with E-state index in [0.717, 1.165) is 11.1 Å². The lowest BCUT2D eigenvalue weighted by Gasteiger charge is -2.24. The Morgan fingerprint density at radius 1 is 1.05 bits per heavy atom. The van der Waals surface area contributed by atoms with Gasteiger partial charge in [0.15, 0.2) is 0 Å². The SMILES string of the molecule is COC(c1ccccc1)C(N)c1cc(Cl)ccc1Cl. The van der Waals surface area contributed by atoms with Crippen molar-refractivity contribution in [3.63, 3.8) is 0 Å². The van der Waals surface area contributed by atoms with E-state index in [1.165, 1.54) is 0 Å². The molecule has 0 saturated carbocycles. The van der Waals surface area contributed by atoms with Crippen LogP contribution in [0.1, 0.15) is 23.3 Å². The van der Waals surface area contributed by atoms with Crippen LogP contribution in [0.2, 0.25) is 10.0 Å². The first kappa shape index (κ1) is 14.4. The van der Waals surface area contributed by atoms with Crippen molar-refractivity contribution in [2.75, 3.05) is 7.11 Å². The van der Waals surface area contributed by atoms with Gasteiger partial charge >= 0.3 is 0 Å². The van der Waals surface area contributed by atoms with Crippen molar-refractivity contribution in [2.45, 2.75) is 12.1 Å². The van der Waals surface area contributed by atoms with Crippen LogP contribution in [0.15, 0.2) is 48.5 Å². The Hall–Kier alpha value is -1.06. The fourth-order valence-electron chi connectivity index (χ4n) is 2.07. The predicted octanol–water partition coefficient (Wildman–Crippen LogP) is 4.38. The summed E-state index contributed by atoms with van der Waals surface area (Å²) in [5, 5.41) is 1.20. The number of hydrogen-bond donors (Lipinski definition) is 1. The molecule has 0 bridgehead atoms. The molecule has 2 unspecified atom stereocenters. The average molecular weight is 296 g/mol. The van der Waals surface area contributed by atoms with Gasteiger partial charge in [-0.1, -0.05) is 53.5 Å². The van der Waals surface area contributed by atoms with Gasteiger partial charge < -0.3 is 10.5 Å². The van der Waals surface area contributed by atoms with E-state index in [-0.39, 0.29) is 12.1 Å². The average Bonchev–Trinajstić information content (AvgIpc) is 2.43. The van der Waals surface area contributed by atoms with Crippen LogP contribution >= 0.6 is 23.2 Å². The third-order valence-electron chi connectivity index (χ3n) is 3.03. The maximum absolute atomic E-state index is 6.28. The van der Waals surface area contributed by atoms with Gasteiger partial charge in [0.1, 0.15) is 6.10 Å². The van der Waals surface area contributed by atoms with Gasteiger partial charge in [0.05, 0.1) is 6.04 Å². The van der Waals surface area contributed by atoms with E-state index >= 15 is 0 Å². The number of rotatable bonds is 4. The summed E-state index contributed by atoms with van der Waals surface area (Å²) in [5.74, 6) is 0. The zero-order chi connectivity index (χ0) is 13.8. The van der Waals surface area contributed by atoms with Crippen molar-refractivity contribution in [3.8, 4) is 0 Å². The lowest BCUT2D eigenvalue weighted by Crippen LogP contribution is -2.21. The quantitative estimate of drug-likeness (QED) is 0.908. The number of nitrogens with two attached hydrogens (primary N) is 1. The van der Waals surface area contributed by atoms with Gasteiger partial charge in [0.2, 0.25) is 0 Å². The van der Waals surface area contributed by atoms with E-state index in [9.17, 15) is 0 Å². The minimum Gasteiger partial charge on any atom is -0.375 e. The third kappa shape index (κ3) is 3.28. The van der Waals surface area contributed by atoms with E-state index in [1.54, 1.807) is 25.3 Å². The zero-order valence-electron chi connectivity index (χ0n) is 10.5. The molecular formula is C15H15Cl2NO. The van der Waals surface area contributed by atoms with E-state index < -0.39 is 0 Å². The molecule has 0 fully saturated rings. The Bertz CT molecular complexity index is 545. The van der Waals surface area contributed by atoms with Gasteiger partial charge in [-0.25, -0.2) is 0 Å². The van der Waals surface area contributed by atoms with Crippen LogP contribution in [-0.2, 0) is 4.74 Å². The second-order valence-electron chi connectivity index (χ2n) is 4.26. The number of ether oxygens (including phenoxy) is 1. The molecule has 100 valence electrons. The van der Waals surface area contributed by atoms with E-state index in [2.05, 4.69) is 0 Å². The highest BCUT2D eigenvalue weighted by Crippen LogP contribution is 2.34. The predicted molar refractivity (Wildman–Crippen MR) is 79.6 cm³/mol. The molecule has 0 spiro atoms. The summed E-state index contributed by atoms with van der Waals surface area (Å²) >= 11 is 12.2. The molecule has 2 atom stereocenters. The van der Waals surface area contributed by atoms with E-state index in [1.807, 2.05) is 30.3 Å². The molecule has 0 aliphatic rings. The van der Waals surface area contributed by atoms with Crippen molar-refractivity contribution in [1.82, 2.24) is 0 Å². The summed E-state index contributed by atoms with van der Waals surface area (Å²) < 4.78 is 5.52. The molecule has 4 heteroatoms. The van der Waals surface area contributed by atoms with E-state index in [0.29, 0.717) is 10.0 Å². The van der Waals surface area contributed by atoms with Crippen molar-refractivity contribution in [3.05, 3.63) is 69.7 Å². The second kappa shape index (κ2) is 6.40. The van der Waals surface area contributed by atoms with E-state index in [4.69, 9.17) is 33.7 Å². The molecule has 0 radical (unpaired) electrons. The number of hydrogen-bond acceptors (Lipinski definition) is 2. The highest BCUT2D eigenvalue weighted by molar-refractivity contribution is 6.33. The number of methoxy groups -OCH3 is 1. The van der Waals surface area contributed by atoms with Gasteiger partial charge in [0, 0.05) is 17.2 Å². The Labute approximate surface area is 123 Å². The van der Waals surface area contributed by atoms with Crippen molar-refractivity contribution < 1.29 is 4.74 Å². The van der Waals surface area contributed by atoms with Gasteiger partial charge in [-0.05, 0) is 29.3 Å². The fraction of sp³-hybridized carbons (Fsp3) is 0.200. The van der Waals surface area contributed by atoms with Gasteiger partial charge in [-0.15, -0.1) is 0 Å². The zero-order valence-corrected chi connectivity index (χ0v) is 12.0. The molecule has 2 nitrogen and oxygen atoms in total. The molecule has 0 aliphatic heterocycles. The molecule has 2 aromatic carbocycles. The fourth-order valence-corrected chi connectivity index (χ4v) is 2.49. The summed E-state index contributed by atoms with van der Waals surface area (Å²) in [5.41, 5.74) is 8.07. The Kier molecular flexibility index (Phi) is 4.83. The Morgan fingerprint density at radius 2 is 1.74 bits per heavy atom. The summed E-state index contributed by atoms with van der Waals surface area (Å²) in [4.78, 5) is 0. The second-order valence-corrected chi connectivity index (χ2v) is 5.10. The van der Waals surface area contributed by atoms with Crippen LogP contribution < -0.4 is 5.73 Å². The van der Waals surface area contributed by atoms with Crippen LogP contribution in [0.4, 0.5) is 0 Å². The maximum atomic E-state index is 6.28. The molecule has 0 aromatic heterocycles. The highest BCUT2D eigenvalue weighted by atomic mass is 35.5. The minimum absolute atomic E-state index is 0.267. The van der Waals surface area contributed by atoms with Gasteiger partial charge in [-0.3, -0.25) is 0 Å². The normalized spacial score (nSPS) is 14.1. The smallest absolute Gasteiger partial charge is 0.101 e. The Morgan fingerprint density at radius 3 is 2.37 bits per heavy atom. The third-order valence-corrected chi connectivity index (χ3v) is 3.60. The first-order chi connectivity index (χ1) is 9.13.